The Morgan fingerprint density at radius 1 is 1.07 bits per heavy atom. The third kappa shape index (κ3) is 3.67. The quantitative estimate of drug-likeness (QED) is 0.867. The monoisotopic (exact) mass is 392 g/mol. The number of nitrogens with zero attached hydrogens (tertiary/aromatic N) is 1. The molecule has 29 heavy (non-hydrogen) atoms. The van der Waals surface area contributed by atoms with Crippen LogP contribution in [0, 0.1) is 6.92 Å². The van der Waals surface area contributed by atoms with Gasteiger partial charge in [-0.3, -0.25) is 9.59 Å². The fourth-order valence-corrected chi connectivity index (χ4v) is 4.48. The van der Waals surface area contributed by atoms with Gasteiger partial charge < -0.3 is 15.0 Å². The van der Waals surface area contributed by atoms with Crippen LogP contribution in [-0.4, -0.2) is 43.0 Å². The first-order valence-corrected chi connectivity index (χ1v) is 10.4. The number of ether oxygens (including phenoxy) is 1. The third-order valence-electron chi connectivity index (χ3n) is 6.35. The van der Waals surface area contributed by atoms with E-state index < -0.39 is 5.41 Å². The number of aryl methyl sites for hydroxylation is 1. The van der Waals surface area contributed by atoms with Gasteiger partial charge in [0.15, 0.2) is 0 Å². The Morgan fingerprint density at radius 3 is 2.62 bits per heavy atom. The van der Waals surface area contributed by atoms with Crippen LogP contribution >= 0.6 is 0 Å². The van der Waals surface area contributed by atoms with Crippen molar-refractivity contribution in [1.29, 1.82) is 0 Å². The second kappa shape index (κ2) is 7.99. The van der Waals surface area contributed by atoms with Gasteiger partial charge in [0.05, 0.1) is 18.6 Å². The summed E-state index contributed by atoms with van der Waals surface area (Å²) >= 11 is 0. The van der Waals surface area contributed by atoms with Crippen molar-refractivity contribution in [1.82, 2.24) is 4.90 Å². The minimum Gasteiger partial charge on any atom is -0.378 e. The molecule has 5 heteroatoms. The standard InChI is InChI=1S/C24H28N2O3/c1-17-19(22(27)26-13-15-29-16-14-26)9-5-11-21(17)25-23(28)24(2)12-6-8-18-7-3-4-10-20(18)24/h3-5,7,9-11H,6,8,12-16H2,1-2H3,(H,25,28)/t24-/m1/s1. The summed E-state index contributed by atoms with van der Waals surface area (Å²) in [4.78, 5) is 28.1. The fourth-order valence-electron chi connectivity index (χ4n) is 4.48. The lowest BCUT2D eigenvalue weighted by Gasteiger charge is -2.35. The molecule has 0 aromatic heterocycles. The number of rotatable bonds is 3. The predicted octanol–water partition coefficient (Wildman–Crippen LogP) is 3.70. The van der Waals surface area contributed by atoms with Crippen LogP contribution in [0.3, 0.4) is 0 Å². The van der Waals surface area contributed by atoms with Crippen LogP contribution < -0.4 is 5.32 Å². The maximum Gasteiger partial charge on any atom is 0.254 e. The van der Waals surface area contributed by atoms with Crippen molar-refractivity contribution in [3.63, 3.8) is 0 Å². The highest BCUT2D eigenvalue weighted by Gasteiger charge is 2.39. The van der Waals surface area contributed by atoms with Gasteiger partial charge in [-0.05, 0) is 61.9 Å². The molecule has 1 atom stereocenters. The minimum absolute atomic E-state index is 0.00359. The molecule has 1 aliphatic carbocycles. The maximum atomic E-state index is 13.4. The molecule has 152 valence electrons. The number of anilines is 1. The normalized spacial score (nSPS) is 21.4. The van der Waals surface area contributed by atoms with Gasteiger partial charge in [0, 0.05) is 24.3 Å². The molecule has 2 amide bonds. The Balaban J connectivity index is 1.59. The molecule has 2 aliphatic rings. The molecule has 0 saturated carbocycles. The average molecular weight is 392 g/mol. The summed E-state index contributed by atoms with van der Waals surface area (Å²) < 4.78 is 5.35. The molecule has 1 fully saturated rings. The number of morpholine rings is 1. The van der Waals surface area contributed by atoms with Crippen LogP contribution in [0.4, 0.5) is 5.69 Å². The van der Waals surface area contributed by atoms with E-state index in [1.165, 1.54) is 5.56 Å². The van der Waals surface area contributed by atoms with Gasteiger partial charge >= 0.3 is 0 Å². The van der Waals surface area contributed by atoms with E-state index in [0.29, 0.717) is 37.6 Å². The lowest BCUT2D eigenvalue weighted by molar-refractivity contribution is -0.121. The second-order valence-electron chi connectivity index (χ2n) is 8.18. The molecular weight excluding hydrogens is 364 g/mol. The maximum absolute atomic E-state index is 13.4. The Bertz CT molecular complexity index is 933. The molecule has 5 nitrogen and oxygen atoms in total. The van der Waals surface area contributed by atoms with E-state index in [2.05, 4.69) is 17.4 Å². The zero-order valence-corrected chi connectivity index (χ0v) is 17.2. The number of hydrogen-bond donors (Lipinski definition) is 1. The highest BCUT2D eigenvalue weighted by Crippen LogP contribution is 2.38. The molecule has 0 bridgehead atoms. The van der Waals surface area contributed by atoms with E-state index in [9.17, 15) is 9.59 Å². The zero-order chi connectivity index (χ0) is 20.4. The number of hydrogen-bond acceptors (Lipinski definition) is 3. The topological polar surface area (TPSA) is 58.6 Å². The molecule has 2 aromatic rings. The first-order valence-electron chi connectivity index (χ1n) is 10.4. The number of carbonyl (C=O) groups is 2. The van der Waals surface area contributed by atoms with Crippen LogP contribution in [0.1, 0.15) is 46.8 Å². The van der Waals surface area contributed by atoms with Gasteiger partial charge in [-0.1, -0.05) is 30.3 Å². The average Bonchev–Trinajstić information content (AvgIpc) is 2.75. The van der Waals surface area contributed by atoms with Gasteiger partial charge in [-0.25, -0.2) is 0 Å². The lowest BCUT2D eigenvalue weighted by atomic mass is 9.70. The van der Waals surface area contributed by atoms with Crippen molar-refractivity contribution in [3.05, 3.63) is 64.7 Å². The minimum atomic E-state index is -0.564. The number of carbonyl (C=O) groups excluding carboxylic acids is 2. The van der Waals surface area contributed by atoms with Crippen molar-refractivity contribution < 1.29 is 14.3 Å². The molecule has 1 aliphatic heterocycles. The molecule has 1 N–H and O–H groups in total. The van der Waals surface area contributed by atoms with Gasteiger partial charge in [0.1, 0.15) is 0 Å². The largest absolute Gasteiger partial charge is 0.378 e. The van der Waals surface area contributed by atoms with Crippen LogP contribution in [0.5, 0.6) is 0 Å². The number of nitrogens with one attached hydrogen (secondary N) is 1. The van der Waals surface area contributed by atoms with E-state index >= 15 is 0 Å². The highest BCUT2D eigenvalue weighted by molar-refractivity contribution is 6.02. The number of fused-ring (bicyclic) bond motifs is 1. The van der Waals surface area contributed by atoms with Crippen molar-refractivity contribution >= 4 is 17.5 Å². The first kappa shape index (κ1) is 19.6. The third-order valence-corrected chi connectivity index (χ3v) is 6.35. The summed E-state index contributed by atoms with van der Waals surface area (Å²) in [6, 6.07) is 13.8. The summed E-state index contributed by atoms with van der Waals surface area (Å²) in [5.41, 5.74) is 3.96. The fraction of sp³-hybridized carbons (Fsp3) is 0.417. The molecular formula is C24H28N2O3. The van der Waals surface area contributed by atoms with Crippen LogP contribution in [0.25, 0.3) is 0 Å². The molecule has 0 radical (unpaired) electrons. The van der Waals surface area contributed by atoms with E-state index in [1.807, 2.05) is 49.1 Å². The highest BCUT2D eigenvalue weighted by atomic mass is 16.5. The molecule has 0 unspecified atom stereocenters. The molecule has 1 heterocycles. The summed E-state index contributed by atoms with van der Waals surface area (Å²) in [7, 11) is 0. The molecule has 2 aromatic carbocycles. The van der Waals surface area contributed by atoms with Crippen molar-refractivity contribution in [2.75, 3.05) is 31.6 Å². The Morgan fingerprint density at radius 2 is 1.83 bits per heavy atom. The summed E-state index contributed by atoms with van der Waals surface area (Å²) in [6.07, 6.45) is 2.83. The zero-order valence-electron chi connectivity index (χ0n) is 17.2. The molecule has 0 spiro atoms. The number of amides is 2. The predicted molar refractivity (Wildman–Crippen MR) is 113 cm³/mol. The molecule has 1 saturated heterocycles. The van der Waals surface area contributed by atoms with E-state index in [4.69, 9.17) is 4.74 Å². The van der Waals surface area contributed by atoms with Crippen LogP contribution in [-0.2, 0) is 21.4 Å². The van der Waals surface area contributed by atoms with Crippen molar-refractivity contribution in [2.45, 2.75) is 38.5 Å². The summed E-state index contributed by atoms with van der Waals surface area (Å²) in [5.74, 6) is -0.0140. The van der Waals surface area contributed by atoms with E-state index in [0.717, 1.165) is 30.4 Å². The van der Waals surface area contributed by atoms with Crippen LogP contribution in [0.2, 0.25) is 0 Å². The van der Waals surface area contributed by atoms with Crippen LogP contribution in [0.15, 0.2) is 42.5 Å². The Kier molecular flexibility index (Phi) is 5.41. The molecule has 4 rings (SSSR count). The van der Waals surface area contributed by atoms with Crippen molar-refractivity contribution in [3.8, 4) is 0 Å². The van der Waals surface area contributed by atoms with Crippen molar-refractivity contribution in [2.24, 2.45) is 0 Å². The Hall–Kier alpha value is -2.66. The van der Waals surface area contributed by atoms with E-state index in [-0.39, 0.29) is 11.8 Å². The number of benzene rings is 2. The first-order chi connectivity index (χ1) is 14.0. The van der Waals surface area contributed by atoms with Gasteiger partial charge in [-0.2, -0.15) is 0 Å². The van der Waals surface area contributed by atoms with Gasteiger partial charge in [-0.15, -0.1) is 0 Å². The SMILES string of the molecule is Cc1c(NC(=O)[C@]2(C)CCCc3ccccc32)cccc1C(=O)N1CCOCC1. The lowest BCUT2D eigenvalue weighted by Crippen LogP contribution is -2.41. The summed E-state index contributed by atoms with van der Waals surface area (Å²) in [6.45, 7) is 6.27. The van der Waals surface area contributed by atoms with Gasteiger partial charge in [0.2, 0.25) is 5.91 Å². The Labute approximate surface area is 172 Å². The van der Waals surface area contributed by atoms with Gasteiger partial charge in [0.25, 0.3) is 5.91 Å². The smallest absolute Gasteiger partial charge is 0.254 e. The second-order valence-corrected chi connectivity index (χ2v) is 8.18. The summed E-state index contributed by atoms with van der Waals surface area (Å²) in [5, 5.41) is 3.13. The van der Waals surface area contributed by atoms with E-state index in [1.54, 1.807) is 0 Å².